The summed E-state index contributed by atoms with van der Waals surface area (Å²) < 4.78 is 0. The van der Waals surface area contributed by atoms with Gasteiger partial charge in [-0.2, -0.15) is 0 Å². The number of hydrogen-bond acceptors (Lipinski definition) is 2. The zero-order valence-electron chi connectivity index (χ0n) is 23.0. The van der Waals surface area contributed by atoms with Gasteiger partial charge in [-0.25, -0.2) is 0 Å². The van der Waals surface area contributed by atoms with Crippen molar-refractivity contribution in [1.29, 1.82) is 0 Å². The maximum absolute atomic E-state index is 12.3. The fourth-order valence-electron chi connectivity index (χ4n) is 5.28. The number of ketones is 1. The molecular weight excluding hydrogens is 404 g/mol. The average Bonchev–Trinajstić information content (AvgIpc) is 2.77. The normalized spacial score (nSPS) is 29.4. The third-order valence-electron chi connectivity index (χ3n) is 8.12. The summed E-state index contributed by atoms with van der Waals surface area (Å²) in [6, 6.07) is 0. The molecule has 4 atom stereocenters. The third kappa shape index (κ3) is 7.81. The summed E-state index contributed by atoms with van der Waals surface area (Å²) in [5.74, 6) is 1.23. The molecule has 2 saturated carbocycles. The van der Waals surface area contributed by atoms with Gasteiger partial charge in [0, 0.05) is 11.8 Å². The fourth-order valence-corrected chi connectivity index (χ4v) is 5.28. The van der Waals surface area contributed by atoms with Crippen molar-refractivity contribution in [3.05, 3.63) is 47.6 Å². The van der Waals surface area contributed by atoms with Crippen LogP contribution in [0.5, 0.6) is 0 Å². The number of allylic oxidation sites excluding steroid dienone is 4. The Morgan fingerprint density at radius 1 is 1.21 bits per heavy atom. The molecule has 2 aliphatic rings. The predicted molar refractivity (Wildman–Crippen MR) is 144 cm³/mol. The van der Waals surface area contributed by atoms with Crippen molar-refractivity contribution in [2.75, 3.05) is 0 Å². The van der Waals surface area contributed by atoms with E-state index in [4.69, 9.17) is 0 Å². The first-order chi connectivity index (χ1) is 15.4. The van der Waals surface area contributed by atoms with E-state index >= 15 is 0 Å². The summed E-state index contributed by atoms with van der Waals surface area (Å²) >= 11 is 0. The van der Waals surface area contributed by atoms with Crippen LogP contribution in [-0.4, -0.2) is 17.0 Å². The standard InChI is InChI=1S/C29H46O2.C2H6/c1-20(12-9-16-27(31)28(5,6)7)22(3)29(8)19-11-14-25(23(29)4)18-17-24-13-10-15-26(30)21(24)2;1-2/h17-18,20,23,26,30H,2-3,9-16,19H2,1,4-8H3;1-2H3/b24-17-,25-18+;/t20-,23?,26?,29?;/m1./s1. The van der Waals surface area contributed by atoms with Crippen LogP contribution >= 0.6 is 0 Å². The highest BCUT2D eigenvalue weighted by molar-refractivity contribution is 5.83. The quantitative estimate of drug-likeness (QED) is 0.389. The van der Waals surface area contributed by atoms with Gasteiger partial charge in [-0.15, -0.1) is 0 Å². The van der Waals surface area contributed by atoms with Gasteiger partial charge in [0.1, 0.15) is 5.78 Å². The number of carbonyl (C=O) groups excluding carboxylic acids is 1. The van der Waals surface area contributed by atoms with Crippen LogP contribution < -0.4 is 0 Å². The Morgan fingerprint density at radius 2 is 1.85 bits per heavy atom. The molecule has 0 aromatic heterocycles. The van der Waals surface area contributed by atoms with E-state index in [1.165, 1.54) is 29.6 Å². The zero-order valence-corrected chi connectivity index (χ0v) is 23.0. The van der Waals surface area contributed by atoms with E-state index in [-0.39, 0.29) is 16.9 Å². The first-order valence-corrected chi connectivity index (χ1v) is 13.4. The summed E-state index contributed by atoms with van der Waals surface area (Å²) in [5.41, 5.74) is 4.81. The summed E-state index contributed by atoms with van der Waals surface area (Å²) in [4.78, 5) is 12.3. The smallest absolute Gasteiger partial charge is 0.138 e. The average molecular weight is 457 g/mol. The van der Waals surface area contributed by atoms with E-state index in [2.05, 4.69) is 46.1 Å². The summed E-state index contributed by atoms with van der Waals surface area (Å²) in [7, 11) is 0. The number of aliphatic hydroxyl groups excluding tert-OH is 1. The van der Waals surface area contributed by atoms with Crippen LogP contribution in [0.4, 0.5) is 0 Å². The molecule has 1 N–H and O–H groups in total. The Morgan fingerprint density at radius 3 is 2.45 bits per heavy atom. The topological polar surface area (TPSA) is 37.3 Å². The minimum atomic E-state index is -0.377. The SMILES string of the molecule is C=C1/C(=C\C=C2/CCCC(C)(C(=C)[C@H](C)CCCC(=O)C(C)(C)C)C2C)CCCC1O.CC. The van der Waals surface area contributed by atoms with E-state index in [9.17, 15) is 9.90 Å². The Kier molecular flexibility index (Phi) is 11.6. The van der Waals surface area contributed by atoms with Crippen LogP contribution in [0.1, 0.15) is 113 Å². The molecule has 2 heteroatoms. The lowest BCUT2D eigenvalue weighted by molar-refractivity contribution is -0.126. The maximum Gasteiger partial charge on any atom is 0.138 e. The minimum Gasteiger partial charge on any atom is -0.388 e. The Labute approximate surface area is 205 Å². The van der Waals surface area contributed by atoms with Crippen LogP contribution in [0.25, 0.3) is 0 Å². The van der Waals surface area contributed by atoms with E-state index in [0.717, 1.165) is 44.1 Å². The van der Waals surface area contributed by atoms with Gasteiger partial charge in [0.2, 0.25) is 0 Å². The molecule has 3 unspecified atom stereocenters. The lowest BCUT2D eigenvalue weighted by Gasteiger charge is -2.45. The molecule has 33 heavy (non-hydrogen) atoms. The van der Waals surface area contributed by atoms with Crippen molar-refractivity contribution < 1.29 is 9.90 Å². The second-order valence-electron chi connectivity index (χ2n) is 11.4. The summed E-state index contributed by atoms with van der Waals surface area (Å²) in [6.07, 6.45) is 13.2. The van der Waals surface area contributed by atoms with Gasteiger partial charge in [0.15, 0.2) is 0 Å². The van der Waals surface area contributed by atoms with Gasteiger partial charge in [0.05, 0.1) is 6.10 Å². The van der Waals surface area contributed by atoms with Crippen molar-refractivity contribution in [2.24, 2.45) is 22.7 Å². The molecule has 0 radical (unpaired) electrons. The van der Waals surface area contributed by atoms with E-state index in [0.29, 0.717) is 24.0 Å². The van der Waals surface area contributed by atoms with Crippen molar-refractivity contribution in [3.8, 4) is 0 Å². The minimum absolute atomic E-state index is 0.0964. The lowest BCUT2D eigenvalue weighted by atomic mass is 9.60. The van der Waals surface area contributed by atoms with Gasteiger partial charge >= 0.3 is 0 Å². The van der Waals surface area contributed by atoms with Crippen molar-refractivity contribution >= 4 is 5.78 Å². The molecule has 0 bridgehead atoms. The van der Waals surface area contributed by atoms with Crippen molar-refractivity contribution in [2.45, 2.75) is 119 Å². The van der Waals surface area contributed by atoms with Crippen molar-refractivity contribution in [3.63, 3.8) is 0 Å². The molecule has 0 spiro atoms. The molecule has 0 amide bonds. The van der Waals surface area contributed by atoms with Crippen molar-refractivity contribution in [1.82, 2.24) is 0 Å². The first kappa shape index (κ1) is 29.6. The number of Topliss-reactive ketones (excluding diaryl/α,β-unsaturated/α-hetero) is 1. The first-order valence-electron chi connectivity index (χ1n) is 13.4. The van der Waals surface area contributed by atoms with Gasteiger partial charge in [-0.1, -0.05) is 91.8 Å². The van der Waals surface area contributed by atoms with E-state index in [1.54, 1.807) is 0 Å². The monoisotopic (exact) mass is 456 g/mol. The molecule has 0 saturated heterocycles. The highest BCUT2D eigenvalue weighted by Crippen LogP contribution is 2.51. The van der Waals surface area contributed by atoms with Gasteiger partial charge in [-0.05, 0) is 79.8 Å². The maximum atomic E-state index is 12.3. The number of hydrogen-bond donors (Lipinski definition) is 1. The molecule has 0 aromatic carbocycles. The number of rotatable bonds is 7. The predicted octanol–water partition coefficient (Wildman–Crippen LogP) is 8.77. The molecule has 2 nitrogen and oxygen atoms in total. The van der Waals surface area contributed by atoms with E-state index < -0.39 is 0 Å². The van der Waals surface area contributed by atoms with Crippen LogP contribution in [0.15, 0.2) is 47.6 Å². The van der Waals surface area contributed by atoms with Crippen LogP contribution in [-0.2, 0) is 4.79 Å². The number of aliphatic hydroxyl groups is 1. The number of carbonyl (C=O) groups is 1. The lowest BCUT2D eigenvalue weighted by Crippen LogP contribution is -2.34. The van der Waals surface area contributed by atoms with Crippen LogP contribution in [0, 0.1) is 22.7 Å². The molecule has 0 aliphatic heterocycles. The Bertz CT molecular complexity index is 745. The fraction of sp³-hybridized carbons (Fsp3) is 0.710. The Balaban J connectivity index is 0.00000265. The molecule has 188 valence electrons. The highest BCUT2D eigenvalue weighted by Gasteiger charge is 2.39. The summed E-state index contributed by atoms with van der Waals surface area (Å²) in [6.45, 7) is 25.7. The Hall–Kier alpha value is -1.41. The second-order valence-corrected chi connectivity index (χ2v) is 11.4. The zero-order chi connectivity index (χ0) is 25.4. The molecule has 2 aliphatic carbocycles. The van der Waals surface area contributed by atoms with Gasteiger partial charge in [0.25, 0.3) is 0 Å². The highest BCUT2D eigenvalue weighted by atomic mass is 16.3. The molecule has 0 aromatic rings. The summed E-state index contributed by atoms with van der Waals surface area (Å²) in [5, 5.41) is 10.1. The molecular formula is C31H52O2. The molecule has 2 fully saturated rings. The van der Waals surface area contributed by atoms with Gasteiger partial charge < -0.3 is 5.11 Å². The van der Waals surface area contributed by atoms with Crippen LogP contribution in [0.2, 0.25) is 0 Å². The largest absolute Gasteiger partial charge is 0.388 e. The molecule has 2 rings (SSSR count). The molecule has 0 heterocycles. The third-order valence-corrected chi connectivity index (χ3v) is 8.12. The van der Waals surface area contributed by atoms with Crippen LogP contribution in [0.3, 0.4) is 0 Å². The second kappa shape index (κ2) is 12.9. The van der Waals surface area contributed by atoms with E-state index in [1.807, 2.05) is 34.6 Å². The van der Waals surface area contributed by atoms with Gasteiger partial charge in [-0.3, -0.25) is 4.79 Å².